The molecule has 0 aromatic heterocycles. The van der Waals surface area contributed by atoms with Crippen LogP contribution < -0.4 is 4.74 Å². The molecule has 0 aliphatic heterocycles. The van der Waals surface area contributed by atoms with Crippen molar-refractivity contribution >= 4 is 0 Å². The molecule has 0 aliphatic rings. The highest BCUT2D eigenvalue weighted by Crippen LogP contribution is 2.12. The Morgan fingerprint density at radius 3 is 1.83 bits per heavy atom. The van der Waals surface area contributed by atoms with E-state index in [1.165, 1.54) is 5.56 Å². The number of ether oxygens (including phenoxy) is 3. The van der Waals surface area contributed by atoms with Gasteiger partial charge in [0, 0.05) is 26.4 Å². The molecule has 1 aromatic rings. The number of hydrogen-bond donors (Lipinski definition) is 0. The van der Waals surface area contributed by atoms with Crippen molar-refractivity contribution in [1.82, 2.24) is 0 Å². The van der Waals surface area contributed by atoms with Crippen LogP contribution in [0, 0.1) is 5.92 Å². The van der Waals surface area contributed by atoms with Gasteiger partial charge >= 0.3 is 0 Å². The predicted molar refractivity (Wildman–Crippen MR) is 101 cm³/mol. The van der Waals surface area contributed by atoms with Crippen LogP contribution in [0.4, 0.5) is 0 Å². The molecule has 0 fully saturated rings. The molecule has 0 amide bonds. The minimum atomic E-state index is 0.730. The van der Waals surface area contributed by atoms with E-state index in [1.54, 1.807) is 0 Å². The molecule has 0 heterocycles. The molecule has 138 valence electrons. The molecular formula is C21H36O3. The zero-order chi connectivity index (χ0) is 17.5. The zero-order valence-electron chi connectivity index (χ0n) is 15.9. The predicted octanol–water partition coefficient (Wildman–Crippen LogP) is 5.27. The number of benzene rings is 1. The van der Waals surface area contributed by atoms with E-state index in [1.807, 2.05) is 0 Å². The Morgan fingerprint density at radius 1 is 0.750 bits per heavy atom. The lowest BCUT2D eigenvalue weighted by Crippen LogP contribution is -2.04. The number of unbranched alkanes of at least 4 members (excludes halogenated alkanes) is 2. The molecule has 3 nitrogen and oxygen atoms in total. The first-order valence-electron chi connectivity index (χ1n) is 9.59. The summed E-state index contributed by atoms with van der Waals surface area (Å²) in [4.78, 5) is 0. The Balaban J connectivity index is 1.82. The van der Waals surface area contributed by atoms with E-state index in [2.05, 4.69) is 45.0 Å². The molecule has 0 unspecified atom stereocenters. The Bertz CT molecular complexity index is 387. The van der Waals surface area contributed by atoms with E-state index in [-0.39, 0.29) is 0 Å². The quantitative estimate of drug-likeness (QED) is 0.408. The van der Waals surface area contributed by atoms with Crippen LogP contribution in [0.1, 0.15) is 58.4 Å². The van der Waals surface area contributed by atoms with Crippen molar-refractivity contribution in [3.05, 3.63) is 29.8 Å². The second kappa shape index (κ2) is 14.3. The summed E-state index contributed by atoms with van der Waals surface area (Å²) < 4.78 is 17.0. The summed E-state index contributed by atoms with van der Waals surface area (Å²) in [5.74, 6) is 1.69. The van der Waals surface area contributed by atoms with Crippen LogP contribution in [0.15, 0.2) is 24.3 Å². The third kappa shape index (κ3) is 11.5. The van der Waals surface area contributed by atoms with Crippen molar-refractivity contribution in [2.75, 3.05) is 33.0 Å². The molecule has 0 bridgehead atoms. The van der Waals surface area contributed by atoms with Gasteiger partial charge in [0.2, 0.25) is 0 Å². The van der Waals surface area contributed by atoms with Crippen LogP contribution in [-0.4, -0.2) is 33.0 Å². The maximum absolute atomic E-state index is 5.73. The minimum absolute atomic E-state index is 0.730. The third-order valence-electron chi connectivity index (χ3n) is 3.95. The number of hydrogen-bond acceptors (Lipinski definition) is 3. The minimum Gasteiger partial charge on any atom is -0.494 e. The molecule has 0 radical (unpaired) electrons. The van der Waals surface area contributed by atoms with Gasteiger partial charge in [-0.05, 0) is 62.1 Å². The summed E-state index contributed by atoms with van der Waals surface area (Å²) in [6, 6.07) is 8.37. The van der Waals surface area contributed by atoms with Gasteiger partial charge in [-0.1, -0.05) is 32.9 Å². The first-order chi connectivity index (χ1) is 11.7. The third-order valence-corrected chi connectivity index (χ3v) is 3.95. The number of rotatable bonds is 15. The average molecular weight is 337 g/mol. The van der Waals surface area contributed by atoms with E-state index in [0.717, 1.165) is 83.2 Å². The van der Waals surface area contributed by atoms with Gasteiger partial charge in [0.25, 0.3) is 0 Å². The van der Waals surface area contributed by atoms with Crippen molar-refractivity contribution in [1.29, 1.82) is 0 Å². The highest BCUT2D eigenvalue weighted by atomic mass is 16.5. The molecule has 0 aliphatic carbocycles. The smallest absolute Gasteiger partial charge is 0.119 e. The Morgan fingerprint density at radius 2 is 1.29 bits per heavy atom. The zero-order valence-corrected chi connectivity index (χ0v) is 15.9. The summed E-state index contributed by atoms with van der Waals surface area (Å²) in [5.41, 5.74) is 1.35. The molecule has 3 heteroatoms. The summed E-state index contributed by atoms with van der Waals surface area (Å²) in [6.07, 6.45) is 6.49. The van der Waals surface area contributed by atoms with Crippen LogP contribution in [-0.2, 0) is 15.9 Å². The van der Waals surface area contributed by atoms with Crippen LogP contribution in [0.5, 0.6) is 5.75 Å². The maximum Gasteiger partial charge on any atom is 0.119 e. The standard InChI is InChI=1S/C21H36O3/c1-4-20-9-11-21(12-10-20)24-17-8-7-15-22-14-5-6-16-23-18-13-19(2)3/h9-12,19H,4-8,13-18H2,1-3H3. The van der Waals surface area contributed by atoms with Gasteiger partial charge in [0.05, 0.1) is 6.61 Å². The highest BCUT2D eigenvalue weighted by Gasteiger charge is 1.96. The van der Waals surface area contributed by atoms with E-state index >= 15 is 0 Å². The van der Waals surface area contributed by atoms with E-state index in [4.69, 9.17) is 14.2 Å². The fourth-order valence-corrected chi connectivity index (χ4v) is 2.25. The first kappa shape index (κ1) is 21.0. The average Bonchev–Trinajstić information content (AvgIpc) is 2.59. The van der Waals surface area contributed by atoms with Gasteiger partial charge < -0.3 is 14.2 Å². The van der Waals surface area contributed by atoms with Gasteiger partial charge in [-0.3, -0.25) is 0 Å². The van der Waals surface area contributed by atoms with Crippen molar-refractivity contribution < 1.29 is 14.2 Å². The second-order valence-corrected chi connectivity index (χ2v) is 6.67. The largest absolute Gasteiger partial charge is 0.494 e. The molecule has 0 N–H and O–H groups in total. The Hall–Kier alpha value is -1.06. The molecule has 24 heavy (non-hydrogen) atoms. The van der Waals surface area contributed by atoms with Crippen molar-refractivity contribution in [3.8, 4) is 5.75 Å². The molecular weight excluding hydrogens is 300 g/mol. The SMILES string of the molecule is CCc1ccc(OCCCCOCCCCOCCC(C)C)cc1. The molecule has 0 saturated carbocycles. The fraction of sp³-hybridized carbons (Fsp3) is 0.714. The second-order valence-electron chi connectivity index (χ2n) is 6.67. The lowest BCUT2D eigenvalue weighted by molar-refractivity contribution is 0.0953. The van der Waals surface area contributed by atoms with Crippen LogP contribution in [0.2, 0.25) is 0 Å². The summed E-state index contributed by atoms with van der Waals surface area (Å²) in [7, 11) is 0. The summed E-state index contributed by atoms with van der Waals surface area (Å²) >= 11 is 0. The van der Waals surface area contributed by atoms with Crippen LogP contribution in [0.3, 0.4) is 0 Å². The monoisotopic (exact) mass is 336 g/mol. The van der Waals surface area contributed by atoms with Crippen molar-refractivity contribution in [2.45, 2.75) is 59.3 Å². The van der Waals surface area contributed by atoms with Gasteiger partial charge in [-0.25, -0.2) is 0 Å². The molecule has 0 saturated heterocycles. The molecule has 0 atom stereocenters. The van der Waals surface area contributed by atoms with Gasteiger partial charge in [-0.15, -0.1) is 0 Å². The molecule has 1 aromatic carbocycles. The van der Waals surface area contributed by atoms with Gasteiger partial charge in [0.15, 0.2) is 0 Å². The van der Waals surface area contributed by atoms with Crippen LogP contribution >= 0.6 is 0 Å². The van der Waals surface area contributed by atoms with Crippen molar-refractivity contribution in [2.24, 2.45) is 5.92 Å². The lowest BCUT2D eigenvalue weighted by Gasteiger charge is -2.08. The van der Waals surface area contributed by atoms with Gasteiger partial charge in [-0.2, -0.15) is 0 Å². The summed E-state index contributed by atoms with van der Waals surface area (Å²) in [6.45, 7) is 10.8. The first-order valence-corrected chi connectivity index (χ1v) is 9.59. The van der Waals surface area contributed by atoms with Crippen LogP contribution in [0.25, 0.3) is 0 Å². The number of aryl methyl sites for hydroxylation is 1. The summed E-state index contributed by atoms with van der Waals surface area (Å²) in [5, 5.41) is 0. The van der Waals surface area contributed by atoms with E-state index in [0.29, 0.717) is 0 Å². The van der Waals surface area contributed by atoms with Gasteiger partial charge in [0.1, 0.15) is 5.75 Å². The van der Waals surface area contributed by atoms with E-state index in [9.17, 15) is 0 Å². The highest BCUT2D eigenvalue weighted by molar-refractivity contribution is 5.27. The van der Waals surface area contributed by atoms with E-state index < -0.39 is 0 Å². The maximum atomic E-state index is 5.73. The topological polar surface area (TPSA) is 27.7 Å². The normalized spacial score (nSPS) is 11.2. The lowest BCUT2D eigenvalue weighted by atomic mass is 10.1. The molecule has 0 spiro atoms. The Labute approximate surface area is 148 Å². The Kier molecular flexibility index (Phi) is 12.5. The van der Waals surface area contributed by atoms with Crippen molar-refractivity contribution in [3.63, 3.8) is 0 Å². The fourth-order valence-electron chi connectivity index (χ4n) is 2.25. The molecule has 1 rings (SSSR count).